The van der Waals surface area contributed by atoms with Crippen molar-refractivity contribution in [3.8, 4) is 11.5 Å². The lowest BCUT2D eigenvalue weighted by atomic mass is 10.0. The van der Waals surface area contributed by atoms with Crippen LogP contribution in [0.4, 0.5) is 5.69 Å². The number of para-hydroxylation sites is 1. The van der Waals surface area contributed by atoms with Gasteiger partial charge in [-0.05, 0) is 44.2 Å². The lowest BCUT2D eigenvalue weighted by Crippen LogP contribution is -2.25. The van der Waals surface area contributed by atoms with Gasteiger partial charge in [-0.3, -0.25) is 4.79 Å². The predicted octanol–water partition coefficient (Wildman–Crippen LogP) is 3.21. The number of sulfone groups is 1. The summed E-state index contributed by atoms with van der Waals surface area (Å²) < 4.78 is 35.2. The van der Waals surface area contributed by atoms with Crippen molar-refractivity contribution < 1.29 is 22.7 Å². The molecule has 0 unspecified atom stereocenters. The Balaban J connectivity index is 1.61. The number of nitrogens with one attached hydrogen (secondary N) is 1. The first-order valence-corrected chi connectivity index (χ1v) is 10.4. The summed E-state index contributed by atoms with van der Waals surface area (Å²) in [6.45, 7) is 5.43. The van der Waals surface area contributed by atoms with Crippen LogP contribution in [0.3, 0.4) is 0 Å². The number of amides is 1. The monoisotopic (exact) mass is 389 g/mol. The van der Waals surface area contributed by atoms with Crippen LogP contribution < -0.4 is 14.8 Å². The lowest BCUT2D eigenvalue weighted by molar-refractivity contribution is -0.118. The second-order valence-corrected chi connectivity index (χ2v) is 9.33. The zero-order valence-electron chi connectivity index (χ0n) is 15.6. The van der Waals surface area contributed by atoms with E-state index in [4.69, 9.17) is 9.47 Å². The summed E-state index contributed by atoms with van der Waals surface area (Å²) in [6, 6.07) is 11.7. The second kappa shape index (κ2) is 7.23. The maximum atomic E-state index is 12.2. The second-order valence-electron chi connectivity index (χ2n) is 7.05. The molecule has 2 aromatic carbocycles. The van der Waals surface area contributed by atoms with Crippen molar-refractivity contribution >= 4 is 21.4 Å². The summed E-state index contributed by atoms with van der Waals surface area (Å²) in [6.07, 6.45) is 0.790. The van der Waals surface area contributed by atoms with E-state index in [0.29, 0.717) is 17.2 Å². The average Bonchev–Trinajstić information content (AvgIpc) is 2.94. The summed E-state index contributed by atoms with van der Waals surface area (Å²) in [5.74, 6) is 0.922. The molecule has 1 aliphatic heterocycles. The highest BCUT2D eigenvalue weighted by molar-refractivity contribution is 7.91. The van der Waals surface area contributed by atoms with Crippen LogP contribution in [0.15, 0.2) is 47.4 Å². The Bertz CT molecular complexity index is 949. The molecular formula is C20H23NO5S. The normalized spacial score (nSPS) is 14.9. The maximum absolute atomic E-state index is 12.2. The molecule has 0 aromatic heterocycles. The quantitative estimate of drug-likeness (QED) is 0.820. The van der Waals surface area contributed by atoms with Crippen molar-refractivity contribution in [2.24, 2.45) is 0 Å². The number of hydrogen-bond donors (Lipinski definition) is 1. The van der Waals surface area contributed by atoms with Crippen LogP contribution in [0.5, 0.6) is 11.5 Å². The van der Waals surface area contributed by atoms with E-state index < -0.39 is 9.84 Å². The van der Waals surface area contributed by atoms with Gasteiger partial charge in [-0.2, -0.15) is 0 Å². The van der Waals surface area contributed by atoms with Crippen molar-refractivity contribution in [2.75, 3.05) is 17.7 Å². The molecule has 0 spiro atoms. The molecule has 7 heteroatoms. The molecular weight excluding hydrogens is 366 g/mol. The van der Waals surface area contributed by atoms with E-state index in [0.717, 1.165) is 12.0 Å². The van der Waals surface area contributed by atoms with Crippen molar-refractivity contribution in [1.29, 1.82) is 0 Å². The number of carbonyl (C=O) groups excluding carboxylic acids is 1. The van der Waals surface area contributed by atoms with Crippen molar-refractivity contribution in [2.45, 2.75) is 37.7 Å². The van der Waals surface area contributed by atoms with Gasteiger partial charge in [0.1, 0.15) is 5.60 Å². The molecule has 0 saturated heterocycles. The fourth-order valence-electron chi connectivity index (χ4n) is 2.95. The van der Waals surface area contributed by atoms with Crippen LogP contribution in [0, 0.1) is 0 Å². The smallest absolute Gasteiger partial charge is 0.262 e. The van der Waals surface area contributed by atoms with Crippen LogP contribution in [0.1, 0.15) is 26.3 Å². The molecule has 144 valence electrons. The van der Waals surface area contributed by atoms with Crippen LogP contribution in [-0.4, -0.2) is 32.3 Å². The number of carbonyl (C=O) groups is 1. The topological polar surface area (TPSA) is 81.7 Å². The Morgan fingerprint density at radius 1 is 1.19 bits per heavy atom. The van der Waals surface area contributed by atoms with Crippen molar-refractivity contribution in [1.82, 2.24) is 0 Å². The number of rotatable bonds is 6. The first-order chi connectivity index (χ1) is 12.7. The number of hydrogen-bond acceptors (Lipinski definition) is 5. The SMILES string of the molecule is CCS(=O)(=O)c1ccc(NC(=O)COc2cccc3c2OC(C)(C)C3)cc1. The van der Waals surface area contributed by atoms with Crippen LogP contribution in [0.2, 0.25) is 0 Å². The zero-order chi connectivity index (χ0) is 19.7. The van der Waals surface area contributed by atoms with E-state index in [2.05, 4.69) is 5.32 Å². The van der Waals surface area contributed by atoms with Gasteiger partial charge in [0.15, 0.2) is 27.9 Å². The molecule has 1 amide bonds. The van der Waals surface area contributed by atoms with Gasteiger partial charge in [0.25, 0.3) is 5.91 Å². The molecule has 0 aliphatic carbocycles. The zero-order valence-corrected chi connectivity index (χ0v) is 16.4. The van der Waals surface area contributed by atoms with Crippen molar-refractivity contribution in [3.05, 3.63) is 48.0 Å². The molecule has 0 bridgehead atoms. The molecule has 0 saturated carbocycles. The van der Waals surface area contributed by atoms with E-state index in [1.807, 2.05) is 26.0 Å². The molecule has 1 N–H and O–H groups in total. The Hall–Kier alpha value is -2.54. The van der Waals surface area contributed by atoms with E-state index in [9.17, 15) is 13.2 Å². The maximum Gasteiger partial charge on any atom is 0.262 e. The summed E-state index contributed by atoms with van der Waals surface area (Å²) in [7, 11) is -3.26. The van der Waals surface area contributed by atoms with Crippen molar-refractivity contribution in [3.63, 3.8) is 0 Å². The predicted molar refractivity (Wildman–Crippen MR) is 103 cm³/mol. The third kappa shape index (κ3) is 4.42. The number of benzene rings is 2. The van der Waals surface area contributed by atoms with Crippen LogP contribution in [-0.2, 0) is 21.1 Å². The van der Waals surface area contributed by atoms with Gasteiger partial charge in [-0.1, -0.05) is 19.1 Å². The molecule has 0 fully saturated rings. The molecule has 0 atom stereocenters. The highest BCUT2D eigenvalue weighted by atomic mass is 32.2. The molecule has 3 rings (SSSR count). The first-order valence-electron chi connectivity index (χ1n) is 8.76. The van der Waals surface area contributed by atoms with Gasteiger partial charge < -0.3 is 14.8 Å². The number of anilines is 1. The Labute approximate surface area is 159 Å². The van der Waals surface area contributed by atoms with Gasteiger partial charge in [-0.25, -0.2) is 8.42 Å². The fraction of sp³-hybridized carbons (Fsp3) is 0.350. The molecule has 1 heterocycles. The van der Waals surface area contributed by atoms with Gasteiger partial charge in [0.05, 0.1) is 10.6 Å². The summed E-state index contributed by atoms with van der Waals surface area (Å²) in [4.78, 5) is 12.4. The van der Waals surface area contributed by atoms with E-state index >= 15 is 0 Å². The third-order valence-corrected chi connectivity index (χ3v) is 6.04. The molecule has 1 aliphatic rings. The Morgan fingerprint density at radius 3 is 2.56 bits per heavy atom. The van der Waals surface area contributed by atoms with Gasteiger partial charge in [0.2, 0.25) is 0 Å². The Kier molecular flexibility index (Phi) is 5.15. The average molecular weight is 389 g/mol. The first kappa shape index (κ1) is 19.2. The third-order valence-electron chi connectivity index (χ3n) is 4.29. The fourth-order valence-corrected chi connectivity index (χ4v) is 3.84. The summed E-state index contributed by atoms with van der Waals surface area (Å²) >= 11 is 0. The molecule has 2 aromatic rings. The number of ether oxygens (including phenoxy) is 2. The molecule has 27 heavy (non-hydrogen) atoms. The van der Waals surface area contributed by atoms with Gasteiger partial charge in [0, 0.05) is 17.7 Å². The summed E-state index contributed by atoms with van der Waals surface area (Å²) in [5.41, 5.74) is 1.28. The van der Waals surface area contributed by atoms with Gasteiger partial charge >= 0.3 is 0 Å². The Morgan fingerprint density at radius 2 is 1.89 bits per heavy atom. The van der Waals surface area contributed by atoms with Crippen LogP contribution >= 0.6 is 0 Å². The lowest BCUT2D eigenvalue weighted by Gasteiger charge is -2.18. The largest absolute Gasteiger partial charge is 0.483 e. The van der Waals surface area contributed by atoms with E-state index in [-0.39, 0.29) is 28.8 Å². The summed E-state index contributed by atoms with van der Waals surface area (Å²) in [5, 5.41) is 2.69. The molecule has 0 radical (unpaired) electrons. The number of fused-ring (bicyclic) bond motifs is 1. The highest BCUT2D eigenvalue weighted by Crippen LogP contribution is 2.41. The molecule has 6 nitrogen and oxygen atoms in total. The van der Waals surface area contributed by atoms with E-state index in [1.165, 1.54) is 12.1 Å². The standard InChI is InChI=1S/C20H23NO5S/c1-4-27(23,24)16-10-8-15(9-11-16)21-18(22)13-25-17-7-5-6-14-12-20(2,3)26-19(14)17/h5-11H,4,12-13H2,1-3H3,(H,21,22). The minimum Gasteiger partial charge on any atom is -0.483 e. The highest BCUT2D eigenvalue weighted by Gasteiger charge is 2.32. The van der Waals surface area contributed by atoms with Gasteiger partial charge in [-0.15, -0.1) is 0 Å². The minimum absolute atomic E-state index is 0.0345. The van der Waals surface area contributed by atoms with Crippen LogP contribution in [0.25, 0.3) is 0 Å². The minimum atomic E-state index is -3.26. The van der Waals surface area contributed by atoms with E-state index in [1.54, 1.807) is 25.1 Å².